The number of fused-ring (bicyclic) bond motifs is 2. The van der Waals surface area contributed by atoms with Crippen molar-refractivity contribution < 1.29 is 19.0 Å². The largest absolute Gasteiger partial charge is 0.497 e. The maximum Gasteiger partial charge on any atom is 0.235 e. The van der Waals surface area contributed by atoms with E-state index in [1.165, 1.54) is 11.8 Å². The Bertz CT molecular complexity index is 1230. The van der Waals surface area contributed by atoms with E-state index in [2.05, 4.69) is 20.6 Å². The molecule has 1 saturated heterocycles. The van der Waals surface area contributed by atoms with Crippen molar-refractivity contribution in [2.24, 2.45) is 0 Å². The summed E-state index contributed by atoms with van der Waals surface area (Å²) >= 11 is 1.47. The van der Waals surface area contributed by atoms with Gasteiger partial charge in [-0.3, -0.25) is 14.7 Å². The van der Waals surface area contributed by atoms with Crippen molar-refractivity contribution in [3.63, 3.8) is 0 Å². The number of hydrogen-bond donors (Lipinski definition) is 3. The van der Waals surface area contributed by atoms with Crippen molar-refractivity contribution >= 4 is 34.4 Å². The Kier molecular flexibility index (Phi) is 7.14. The predicted molar refractivity (Wildman–Crippen MR) is 133 cm³/mol. The Morgan fingerprint density at radius 3 is 3.06 bits per heavy atom. The van der Waals surface area contributed by atoms with Gasteiger partial charge in [0.2, 0.25) is 5.91 Å². The summed E-state index contributed by atoms with van der Waals surface area (Å²) in [5.74, 6) is 1.61. The third-order valence-corrected chi connectivity index (χ3v) is 7.52. The lowest BCUT2D eigenvalue weighted by atomic mass is 10.00. The number of likely N-dealkylation sites (tertiary alicyclic amines) is 1. The summed E-state index contributed by atoms with van der Waals surface area (Å²) in [6.45, 7) is 1.68. The van der Waals surface area contributed by atoms with Gasteiger partial charge in [-0.25, -0.2) is 9.37 Å². The first-order valence-corrected chi connectivity index (χ1v) is 12.6. The molecule has 0 spiro atoms. The normalized spacial score (nSPS) is 21.4. The molecule has 2 aliphatic rings. The Hall–Kier alpha value is -2.79. The molecule has 8 nitrogen and oxygen atoms in total. The van der Waals surface area contributed by atoms with E-state index >= 15 is 4.39 Å². The fraction of sp³-hybridized carbons (Fsp3) is 0.400. The molecular weight excluding hydrogens is 469 g/mol. The molecule has 5 rings (SSSR count). The molecule has 2 aromatic heterocycles. The van der Waals surface area contributed by atoms with Crippen molar-refractivity contribution in [2.75, 3.05) is 37.8 Å². The van der Waals surface area contributed by atoms with E-state index in [-0.39, 0.29) is 18.5 Å². The van der Waals surface area contributed by atoms with Gasteiger partial charge in [-0.15, -0.1) is 11.8 Å². The second-order valence-corrected chi connectivity index (χ2v) is 9.85. The molecular formula is C25H28FN5O3S. The maximum atomic E-state index is 15.0. The minimum atomic E-state index is -1.07. The van der Waals surface area contributed by atoms with Crippen LogP contribution in [0.3, 0.4) is 0 Å². The van der Waals surface area contributed by atoms with Gasteiger partial charge in [0.05, 0.1) is 35.1 Å². The van der Waals surface area contributed by atoms with Gasteiger partial charge in [-0.05, 0) is 54.9 Å². The van der Waals surface area contributed by atoms with Gasteiger partial charge in [-0.1, -0.05) is 0 Å². The highest BCUT2D eigenvalue weighted by atomic mass is 32.2. The number of methoxy groups -OCH3 is 1. The number of pyridine rings is 2. The van der Waals surface area contributed by atoms with Gasteiger partial charge in [0, 0.05) is 37.3 Å². The molecule has 1 fully saturated rings. The Labute approximate surface area is 207 Å². The van der Waals surface area contributed by atoms with Crippen LogP contribution in [0.2, 0.25) is 0 Å². The average molecular weight is 498 g/mol. The molecule has 0 aliphatic carbocycles. The highest BCUT2D eigenvalue weighted by Crippen LogP contribution is 2.30. The lowest BCUT2D eigenvalue weighted by Gasteiger charge is -2.36. The molecule has 0 bridgehead atoms. The van der Waals surface area contributed by atoms with Gasteiger partial charge < -0.3 is 20.5 Å². The fourth-order valence-corrected chi connectivity index (χ4v) is 5.37. The van der Waals surface area contributed by atoms with Crippen LogP contribution in [0.1, 0.15) is 23.8 Å². The number of aromatic nitrogens is 2. The van der Waals surface area contributed by atoms with Crippen LogP contribution < -0.4 is 15.4 Å². The number of carbonyl (C=O) groups is 1. The minimum Gasteiger partial charge on any atom is -0.497 e. The first-order valence-electron chi connectivity index (χ1n) is 11.6. The smallest absolute Gasteiger partial charge is 0.235 e. The van der Waals surface area contributed by atoms with Crippen molar-refractivity contribution in [3.8, 4) is 5.75 Å². The van der Waals surface area contributed by atoms with Crippen molar-refractivity contribution in [1.82, 2.24) is 20.2 Å². The summed E-state index contributed by atoms with van der Waals surface area (Å²) in [4.78, 5) is 23.4. The number of nitrogens with zero attached hydrogens (tertiary/aromatic N) is 3. The summed E-state index contributed by atoms with van der Waals surface area (Å²) in [5, 5.41) is 17.9. The summed E-state index contributed by atoms with van der Waals surface area (Å²) < 4.78 is 20.4. The first kappa shape index (κ1) is 23.9. The minimum absolute atomic E-state index is 0.0580. The molecule has 3 aromatic rings. The third kappa shape index (κ3) is 5.40. The summed E-state index contributed by atoms with van der Waals surface area (Å²) in [5.41, 5.74) is 2.30. The van der Waals surface area contributed by atoms with Gasteiger partial charge in [0.1, 0.15) is 17.7 Å². The molecule has 1 amide bonds. The van der Waals surface area contributed by atoms with Crippen LogP contribution in [-0.4, -0.2) is 70.6 Å². The Balaban J connectivity index is 1.17. The number of halogens is 1. The molecule has 0 radical (unpaired) electrons. The third-order valence-electron chi connectivity index (χ3n) is 6.48. The zero-order chi connectivity index (χ0) is 24.4. The van der Waals surface area contributed by atoms with E-state index in [0.29, 0.717) is 43.4 Å². The Morgan fingerprint density at radius 1 is 1.34 bits per heavy atom. The summed E-state index contributed by atoms with van der Waals surface area (Å²) in [7, 11) is 1.60. The van der Waals surface area contributed by atoms with Crippen LogP contribution in [0.4, 0.5) is 10.2 Å². The van der Waals surface area contributed by atoms with E-state index in [1.54, 1.807) is 19.4 Å². The SMILES string of the molecule is COc1ccc2nccc([C@H](O)CN3CCC(NCc4ccc5c(n4)NC(=O)CS5)C(F)C3)c2c1. The quantitative estimate of drug-likeness (QED) is 0.458. The Morgan fingerprint density at radius 2 is 2.23 bits per heavy atom. The number of thioether (sulfide) groups is 1. The monoisotopic (exact) mass is 497 g/mol. The number of anilines is 1. The number of rotatable bonds is 7. The lowest BCUT2D eigenvalue weighted by molar-refractivity contribution is -0.113. The van der Waals surface area contributed by atoms with E-state index in [1.807, 2.05) is 35.2 Å². The second-order valence-electron chi connectivity index (χ2n) is 8.84. The number of alkyl halides is 1. The van der Waals surface area contributed by atoms with E-state index < -0.39 is 12.3 Å². The maximum absolute atomic E-state index is 15.0. The molecule has 184 valence electrons. The molecule has 1 aromatic carbocycles. The number of benzene rings is 1. The van der Waals surface area contributed by atoms with Crippen LogP contribution in [0.25, 0.3) is 10.9 Å². The van der Waals surface area contributed by atoms with Gasteiger partial charge in [0.15, 0.2) is 0 Å². The fourth-order valence-electron chi connectivity index (χ4n) is 4.61. The molecule has 3 atom stereocenters. The van der Waals surface area contributed by atoms with Gasteiger partial charge in [0.25, 0.3) is 0 Å². The number of aliphatic hydroxyl groups is 1. The van der Waals surface area contributed by atoms with Gasteiger partial charge >= 0.3 is 0 Å². The number of ether oxygens (including phenoxy) is 1. The molecule has 2 unspecified atom stereocenters. The lowest BCUT2D eigenvalue weighted by Crippen LogP contribution is -2.51. The highest BCUT2D eigenvalue weighted by molar-refractivity contribution is 8.00. The highest BCUT2D eigenvalue weighted by Gasteiger charge is 2.30. The average Bonchev–Trinajstić information content (AvgIpc) is 2.87. The molecule has 0 saturated carbocycles. The number of carbonyl (C=O) groups excluding carboxylic acids is 1. The summed E-state index contributed by atoms with van der Waals surface area (Å²) in [6, 6.07) is 10.9. The molecule has 2 aliphatic heterocycles. The first-order chi connectivity index (χ1) is 17.0. The van der Waals surface area contributed by atoms with E-state index in [4.69, 9.17) is 4.74 Å². The van der Waals surface area contributed by atoms with Crippen LogP contribution in [0, 0.1) is 0 Å². The number of amides is 1. The van der Waals surface area contributed by atoms with Crippen molar-refractivity contribution in [3.05, 3.63) is 53.9 Å². The van der Waals surface area contributed by atoms with Crippen molar-refractivity contribution in [2.45, 2.75) is 36.2 Å². The zero-order valence-electron chi connectivity index (χ0n) is 19.4. The number of piperidine rings is 1. The number of β-amino-alcohol motifs (C(OH)–C–C–N with tert-alkyl or cyclic N) is 1. The molecule has 35 heavy (non-hydrogen) atoms. The number of aliphatic hydroxyl groups excluding tert-OH is 1. The standard InChI is InChI=1S/C25H28FN5O3S/c1-34-16-3-4-20-18(10-16)17(6-8-27-20)22(32)13-31-9-7-21(19(26)12-31)28-11-15-2-5-23-25(29-15)30-24(33)14-35-23/h2-6,8,10,19,21-22,28,32H,7,9,11-14H2,1H3,(H,29,30,33)/t19?,21?,22-/m1/s1. The molecule has 4 heterocycles. The molecule has 10 heteroatoms. The predicted octanol–water partition coefficient (Wildman–Crippen LogP) is 2.92. The zero-order valence-corrected chi connectivity index (χ0v) is 20.2. The van der Waals surface area contributed by atoms with Crippen LogP contribution >= 0.6 is 11.8 Å². The van der Waals surface area contributed by atoms with Crippen molar-refractivity contribution in [1.29, 1.82) is 0 Å². The van der Waals surface area contributed by atoms with E-state index in [0.717, 1.165) is 27.1 Å². The topological polar surface area (TPSA) is 99.6 Å². The van der Waals surface area contributed by atoms with Crippen LogP contribution in [-0.2, 0) is 11.3 Å². The number of hydrogen-bond acceptors (Lipinski definition) is 8. The van der Waals surface area contributed by atoms with Crippen LogP contribution in [0.5, 0.6) is 5.75 Å². The number of nitrogens with one attached hydrogen (secondary N) is 2. The van der Waals surface area contributed by atoms with Gasteiger partial charge in [-0.2, -0.15) is 0 Å². The van der Waals surface area contributed by atoms with Crippen LogP contribution in [0.15, 0.2) is 47.5 Å². The van der Waals surface area contributed by atoms with E-state index in [9.17, 15) is 9.90 Å². The second kappa shape index (κ2) is 10.4. The summed E-state index contributed by atoms with van der Waals surface area (Å²) in [6.07, 6.45) is 0.464. The molecule has 3 N–H and O–H groups in total.